The molecule has 21 heavy (non-hydrogen) atoms. The SMILES string of the molecule is CC(=O)c1ccc(N=Cc2sc3ccccc3c2O)cc1. The smallest absolute Gasteiger partial charge is 0.159 e. The van der Waals surface area contributed by atoms with Gasteiger partial charge >= 0.3 is 0 Å². The van der Waals surface area contributed by atoms with Crippen LogP contribution in [0.2, 0.25) is 0 Å². The van der Waals surface area contributed by atoms with Gasteiger partial charge in [-0.3, -0.25) is 9.79 Å². The summed E-state index contributed by atoms with van der Waals surface area (Å²) in [6.45, 7) is 1.54. The van der Waals surface area contributed by atoms with Crippen LogP contribution in [0.4, 0.5) is 5.69 Å². The first-order valence-electron chi connectivity index (χ1n) is 6.51. The first kappa shape index (κ1) is 13.5. The maximum atomic E-state index is 11.2. The van der Waals surface area contributed by atoms with Gasteiger partial charge in [0.1, 0.15) is 5.75 Å². The summed E-state index contributed by atoms with van der Waals surface area (Å²) in [7, 11) is 0. The van der Waals surface area contributed by atoms with Crippen molar-refractivity contribution in [1.82, 2.24) is 0 Å². The molecule has 1 aromatic heterocycles. The Labute approximate surface area is 126 Å². The molecule has 4 heteroatoms. The number of benzene rings is 2. The van der Waals surface area contributed by atoms with E-state index >= 15 is 0 Å². The van der Waals surface area contributed by atoms with Gasteiger partial charge in [-0.2, -0.15) is 0 Å². The van der Waals surface area contributed by atoms with Crippen molar-refractivity contribution in [3.8, 4) is 5.75 Å². The van der Waals surface area contributed by atoms with E-state index in [-0.39, 0.29) is 11.5 Å². The minimum absolute atomic E-state index is 0.0349. The van der Waals surface area contributed by atoms with Gasteiger partial charge < -0.3 is 5.11 Å². The van der Waals surface area contributed by atoms with Gasteiger partial charge in [0.05, 0.1) is 10.6 Å². The molecule has 0 aliphatic heterocycles. The van der Waals surface area contributed by atoms with E-state index in [1.54, 1.807) is 30.5 Å². The molecule has 0 saturated carbocycles. The number of carbonyl (C=O) groups excluding carboxylic acids is 1. The molecule has 0 aliphatic rings. The summed E-state index contributed by atoms with van der Waals surface area (Å²) in [5.74, 6) is 0.299. The van der Waals surface area contributed by atoms with Gasteiger partial charge in [-0.15, -0.1) is 11.3 Å². The maximum Gasteiger partial charge on any atom is 0.159 e. The molecule has 1 N–H and O–H groups in total. The van der Waals surface area contributed by atoms with Crippen LogP contribution < -0.4 is 0 Å². The Hall–Kier alpha value is -2.46. The molecule has 3 nitrogen and oxygen atoms in total. The Balaban J connectivity index is 1.90. The van der Waals surface area contributed by atoms with Gasteiger partial charge in [0.25, 0.3) is 0 Å². The lowest BCUT2D eigenvalue weighted by Crippen LogP contribution is -1.89. The number of ketones is 1. The number of carbonyl (C=O) groups is 1. The number of aromatic hydroxyl groups is 1. The van der Waals surface area contributed by atoms with Crippen molar-refractivity contribution in [2.75, 3.05) is 0 Å². The zero-order valence-corrected chi connectivity index (χ0v) is 12.2. The number of rotatable bonds is 3. The Morgan fingerprint density at radius 3 is 2.52 bits per heavy atom. The van der Waals surface area contributed by atoms with E-state index in [1.165, 1.54) is 18.3 Å². The van der Waals surface area contributed by atoms with Crippen LogP contribution in [0.1, 0.15) is 22.2 Å². The highest BCUT2D eigenvalue weighted by Crippen LogP contribution is 2.35. The lowest BCUT2D eigenvalue weighted by Gasteiger charge is -1.96. The molecule has 0 amide bonds. The van der Waals surface area contributed by atoms with Gasteiger partial charge in [0.2, 0.25) is 0 Å². The van der Waals surface area contributed by atoms with Gasteiger partial charge in [-0.05, 0) is 43.3 Å². The number of hydrogen-bond acceptors (Lipinski definition) is 4. The summed E-state index contributed by atoms with van der Waals surface area (Å²) in [5.41, 5.74) is 1.41. The van der Waals surface area contributed by atoms with Crippen LogP contribution in [-0.2, 0) is 0 Å². The van der Waals surface area contributed by atoms with Crippen molar-refractivity contribution in [3.63, 3.8) is 0 Å². The highest BCUT2D eigenvalue weighted by molar-refractivity contribution is 7.21. The standard InChI is InChI=1S/C17H13NO2S/c1-11(19)12-6-8-13(9-7-12)18-10-16-17(20)14-4-2-3-5-15(14)21-16/h2-10,20H,1H3. The lowest BCUT2D eigenvalue weighted by atomic mass is 10.1. The number of thiophene rings is 1. The van der Waals surface area contributed by atoms with Crippen molar-refractivity contribution in [2.45, 2.75) is 6.92 Å². The molecule has 0 fully saturated rings. The summed E-state index contributed by atoms with van der Waals surface area (Å²) in [6, 6.07) is 14.8. The normalized spacial score (nSPS) is 11.3. The third kappa shape index (κ3) is 2.71. The van der Waals surface area contributed by atoms with Gasteiger partial charge in [-0.1, -0.05) is 12.1 Å². The minimum Gasteiger partial charge on any atom is -0.506 e. The van der Waals surface area contributed by atoms with E-state index < -0.39 is 0 Å². The van der Waals surface area contributed by atoms with E-state index in [1.807, 2.05) is 24.3 Å². The third-order valence-corrected chi connectivity index (χ3v) is 4.29. The van der Waals surface area contributed by atoms with Crippen molar-refractivity contribution >= 4 is 39.1 Å². The molecule has 0 atom stereocenters. The molecule has 2 aromatic carbocycles. The molecule has 0 saturated heterocycles. The number of aliphatic imine (C=N–C) groups is 1. The van der Waals surface area contributed by atoms with Gasteiger partial charge in [0, 0.05) is 21.9 Å². The van der Waals surface area contributed by atoms with Crippen LogP contribution in [0.3, 0.4) is 0 Å². The Bertz CT molecular complexity index is 832. The highest BCUT2D eigenvalue weighted by atomic mass is 32.1. The molecule has 0 unspecified atom stereocenters. The molecular formula is C17H13NO2S. The van der Waals surface area contributed by atoms with Crippen molar-refractivity contribution < 1.29 is 9.90 Å². The monoisotopic (exact) mass is 295 g/mol. The topological polar surface area (TPSA) is 49.7 Å². The van der Waals surface area contributed by atoms with Crippen molar-refractivity contribution in [3.05, 3.63) is 59.0 Å². The Morgan fingerprint density at radius 1 is 1.14 bits per heavy atom. The average molecular weight is 295 g/mol. The summed E-state index contributed by atoms with van der Waals surface area (Å²) in [5, 5.41) is 11.0. The molecule has 104 valence electrons. The van der Waals surface area contributed by atoms with Gasteiger partial charge in [0.15, 0.2) is 5.78 Å². The van der Waals surface area contributed by atoms with E-state index in [2.05, 4.69) is 4.99 Å². The Morgan fingerprint density at radius 2 is 1.86 bits per heavy atom. The zero-order chi connectivity index (χ0) is 14.8. The number of nitrogens with zero attached hydrogens (tertiary/aromatic N) is 1. The summed E-state index contributed by atoms with van der Waals surface area (Å²) in [6.07, 6.45) is 1.66. The highest BCUT2D eigenvalue weighted by Gasteiger charge is 2.08. The van der Waals surface area contributed by atoms with Crippen LogP contribution in [0.15, 0.2) is 53.5 Å². The molecule has 0 bridgehead atoms. The van der Waals surface area contributed by atoms with Crippen LogP contribution in [0.25, 0.3) is 10.1 Å². The number of Topliss-reactive ketones (excluding diaryl/α,β-unsaturated/α-hetero) is 1. The number of hydrogen-bond donors (Lipinski definition) is 1. The van der Waals surface area contributed by atoms with Crippen molar-refractivity contribution in [2.24, 2.45) is 4.99 Å². The summed E-state index contributed by atoms with van der Waals surface area (Å²) >= 11 is 1.50. The molecule has 1 heterocycles. The first-order valence-corrected chi connectivity index (χ1v) is 7.32. The average Bonchev–Trinajstić information content (AvgIpc) is 2.82. The van der Waals surface area contributed by atoms with E-state index in [0.29, 0.717) is 5.56 Å². The Kier molecular flexibility index (Phi) is 3.54. The fourth-order valence-electron chi connectivity index (χ4n) is 2.05. The maximum absolute atomic E-state index is 11.2. The molecule has 0 spiro atoms. The summed E-state index contributed by atoms with van der Waals surface area (Å²) < 4.78 is 1.03. The van der Waals surface area contributed by atoms with Crippen LogP contribution in [-0.4, -0.2) is 17.1 Å². The molecule has 0 aliphatic carbocycles. The third-order valence-electron chi connectivity index (χ3n) is 3.20. The number of fused-ring (bicyclic) bond motifs is 1. The summed E-state index contributed by atoms with van der Waals surface area (Å²) in [4.78, 5) is 16.3. The zero-order valence-electron chi connectivity index (χ0n) is 11.4. The van der Waals surface area contributed by atoms with Crippen LogP contribution in [0, 0.1) is 0 Å². The molecule has 3 aromatic rings. The van der Waals surface area contributed by atoms with E-state index in [4.69, 9.17) is 0 Å². The second kappa shape index (κ2) is 5.50. The molecule has 0 radical (unpaired) electrons. The predicted molar refractivity (Wildman–Crippen MR) is 87.2 cm³/mol. The quantitative estimate of drug-likeness (QED) is 0.569. The lowest BCUT2D eigenvalue weighted by molar-refractivity contribution is 0.101. The van der Waals surface area contributed by atoms with E-state index in [0.717, 1.165) is 20.7 Å². The van der Waals surface area contributed by atoms with Crippen LogP contribution >= 0.6 is 11.3 Å². The fourth-order valence-corrected chi connectivity index (χ4v) is 3.02. The largest absolute Gasteiger partial charge is 0.506 e. The van der Waals surface area contributed by atoms with Crippen molar-refractivity contribution in [1.29, 1.82) is 0 Å². The predicted octanol–water partition coefficient (Wildman–Crippen LogP) is 4.56. The fraction of sp³-hybridized carbons (Fsp3) is 0.0588. The minimum atomic E-state index is 0.0349. The second-order valence-corrected chi connectivity index (χ2v) is 5.76. The van der Waals surface area contributed by atoms with Crippen LogP contribution in [0.5, 0.6) is 5.75 Å². The van der Waals surface area contributed by atoms with Gasteiger partial charge in [-0.25, -0.2) is 0 Å². The molecule has 3 rings (SSSR count). The molecular weight excluding hydrogens is 282 g/mol. The van der Waals surface area contributed by atoms with E-state index in [9.17, 15) is 9.90 Å². The second-order valence-electron chi connectivity index (χ2n) is 4.67. The first-order chi connectivity index (χ1) is 10.1.